The number of hydrogen-bond donors (Lipinski definition) is 2. The summed E-state index contributed by atoms with van der Waals surface area (Å²) < 4.78 is 40.5. The number of aliphatic hydroxyl groups excluding tert-OH is 1. The van der Waals surface area contributed by atoms with Gasteiger partial charge in [0.25, 0.3) is 8.32 Å². The summed E-state index contributed by atoms with van der Waals surface area (Å²) in [5.74, 6) is -0.291. The molecule has 58 heavy (non-hydrogen) atoms. The van der Waals surface area contributed by atoms with Crippen LogP contribution in [0.2, 0.25) is 5.04 Å². The molecule has 1 heterocycles. The maximum Gasteiger partial charge on any atom is 0.261 e. The van der Waals surface area contributed by atoms with Gasteiger partial charge in [-0.05, 0) is 32.1 Å². The van der Waals surface area contributed by atoms with E-state index in [2.05, 4.69) is 50.4 Å². The first-order valence-corrected chi connectivity index (χ1v) is 22.0. The molecule has 6 atom stereocenters. The Kier molecular flexibility index (Phi) is 15.6. The number of carbonyl (C=O) groups excluding carboxylic acids is 1. The van der Waals surface area contributed by atoms with Crippen molar-refractivity contribution in [2.45, 2.75) is 89.3 Å². The lowest BCUT2D eigenvalue weighted by Gasteiger charge is -2.47. The largest absolute Gasteiger partial charge is 0.405 e. The Balaban J connectivity index is 1.32. The van der Waals surface area contributed by atoms with Crippen LogP contribution in [0, 0.1) is 0 Å². The van der Waals surface area contributed by atoms with Gasteiger partial charge in [-0.1, -0.05) is 172 Å². The van der Waals surface area contributed by atoms with Gasteiger partial charge in [-0.15, -0.1) is 0 Å². The maximum atomic E-state index is 13.0. The Morgan fingerprint density at radius 3 is 1.59 bits per heavy atom. The van der Waals surface area contributed by atoms with Crippen LogP contribution in [0.25, 0.3) is 0 Å². The Hall–Kier alpha value is -4.49. The monoisotopic (exact) mass is 803 g/mol. The SMILES string of the molecule is CC(=O)N[C@H]1[C@@H](O[C@@H](CO)CO[Si](c2ccccc2)(c2ccccc2)C(C)(C)C)O[C@H](COCc2ccccc2)[C@@H](OCc2ccccc2)[C@@H]1OCc1ccccc1. The summed E-state index contributed by atoms with van der Waals surface area (Å²) in [4.78, 5) is 13.0. The second-order valence-electron chi connectivity index (χ2n) is 15.7. The van der Waals surface area contributed by atoms with E-state index in [1.54, 1.807) is 0 Å². The van der Waals surface area contributed by atoms with Crippen LogP contribution in [0.4, 0.5) is 0 Å². The van der Waals surface area contributed by atoms with E-state index < -0.39 is 45.1 Å². The molecule has 1 fully saturated rings. The summed E-state index contributed by atoms with van der Waals surface area (Å²) in [6.07, 6.45) is -4.00. The van der Waals surface area contributed by atoms with Gasteiger partial charge in [-0.2, -0.15) is 0 Å². The molecule has 9 nitrogen and oxygen atoms in total. The molecule has 6 rings (SSSR count). The van der Waals surface area contributed by atoms with Gasteiger partial charge in [-0.25, -0.2) is 0 Å². The number of ether oxygens (including phenoxy) is 5. The van der Waals surface area contributed by atoms with Crippen LogP contribution >= 0.6 is 0 Å². The van der Waals surface area contributed by atoms with E-state index in [1.165, 1.54) is 6.92 Å². The van der Waals surface area contributed by atoms with Gasteiger partial charge >= 0.3 is 0 Å². The van der Waals surface area contributed by atoms with Crippen molar-refractivity contribution in [3.8, 4) is 0 Å². The van der Waals surface area contributed by atoms with Crippen molar-refractivity contribution in [1.82, 2.24) is 5.32 Å². The van der Waals surface area contributed by atoms with E-state index >= 15 is 0 Å². The van der Waals surface area contributed by atoms with Gasteiger partial charge in [-0.3, -0.25) is 4.79 Å². The molecule has 5 aromatic carbocycles. The Bertz CT molecular complexity index is 1890. The maximum absolute atomic E-state index is 13.0. The van der Waals surface area contributed by atoms with Crippen molar-refractivity contribution in [2.24, 2.45) is 0 Å². The van der Waals surface area contributed by atoms with E-state index in [-0.39, 0.29) is 44.0 Å². The number of aliphatic hydroxyl groups is 1. The van der Waals surface area contributed by atoms with Crippen molar-refractivity contribution >= 4 is 24.6 Å². The molecule has 0 bridgehead atoms. The van der Waals surface area contributed by atoms with Gasteiger partial charge < -0.3 is 38.5 Å². The first-order valence-electron chi connectivity index (χ1n) is 20.0. The molecule has 0 aromatic heterocycles. The van der Waals surface area contributed by atoms with Crippen molar-refractivity contribution in [3.05, 3.63) is 168 Å². The predicted molar refractivity (Wildman–Crippen MR) is 228 cm³/mol. The highest BCUT2D eigenvalue weighted by molar-refractivity contribution is 6.99. The highest BCUT2D eigenvalue weighted by Crippen LogP contribution is 2.37. The van der Waals surface area contributed by atoms with Crippen molar-refractivity contribution in [1.29, 1.82) is 0 Å². The molecule has 5 aromatic rings. The topological polar surface area (TPSA) is 105 Å². The zero-order chi connectivity index (χ0) is 40.8. The molecule has 0 aliphatic carbocycles. The van der Waals surface area contributed by atoms with Gasteiger partial charge in [0, 0.05) is 6.92 Å². The van der Waals surface area contributed by atoms with E-state index in [4.69, 9.17) is 28.1 Å². The lowest BCUT2D eigenvalue weighted by atomic mass is 9.95. The van der Waals surface area contributed by atoms with Crippen molar-refractivity contribution in [2.75, 3.05) is 19.8 Å². The van der Waals surface area contributed by atoms with E-state index in [0.717, 1.165) is 27.1 Å². The smallest absolute Gasteiger partial charge is 0.261 e. The fraction of sp³-hybridized carbons (Fsp3) is 0.354. The molecule has 1 amide bonds. The first kappa shape index (κ1) is 43.1. The zero-order valence-electron chi connectivity index (χ0n) is 33.9. The minimum absolute atomic E-state index is 0.0646. The van der Waals surface area contributed by atoms with E-state index in [9.17, 15) is 9.90 Å². The fourth-order valence-corrected chi connectivity index (χ4v) is 12.2. The van der Waals surface area contributed by atoms with Crippen molar-refractivity contribution in [3.63, 3.8) is 0 Å². The summed E-state index contributed by atoms with van der Waals surface area (Å²) in [5, 5.41) is 16.0. The van der Waals surface area contributed by atoms with Gasteiger partial charge in [0.2, 0.25) is 5.91 Å². The highest BCUT2D eigenvalue weighted by Gasteiger charge is 2.52. The Morgan fingerprint density at radius 1 is 0.690 bits per heavy atom. The molecule has 1 aliphatic rings. The van der Waals surface area contributed by atoms with Crippen LogP contribution in [-0.4, -0.2) is 75.9 Å². The molecule has 306 valence electrons. The number of amides is 1. The molecular formula is C48H57NO8Si. The van der Waals surface area contributed by atoms with Crippen LogP contribution in [-0.2, 0) is 52.7 Å². The number of rotatable bonds is 19. The first-order chi connectivity index (χ1) is 28.2. The number of benzene rings is 5. The molecule has 1 saturated heterocycles. The average molecular weight is 804 g/mol. The molecule has 1 aliphatic heterocycles. The Morgan fingerprint density at radius 2 is 1.14 bits per heavy atom. The molecular weight excluding hydrogens is 747 g/mol. The standard InChI is InChI=1S/C48H57NO8Si/c1-36(51)49-44-46(54-33-39-24-14-7-15-25-39)45(53-32-38-22-12-6-13-23-38)43(35-52-31-37-20-10-5-11-21-37)57-47(44)56-40(30-50)34-55-58(48(2,3)4,41-26-16-8-17-27-41)42-28-18-9-19-29-42/h5-29,40,43-47,50H,30-35H2,1-4H3,(H,49,51)/t40-,43+,44+,45+,46+,47-/m0/s1. The summed E-state index contributed by atoms with van der Waals surface area (Å²) in [7, 11) is -2.98. The summed E-state index contributed by atoms with van der Waals surface area (Å²) >= 11 is 0. The lowest BCUT2D eigenvalue weighted by Crippen LogP contribution is -2.68. The third kappa shape index (κ3) is 11.2. The Labute approximate surface area is 344 Å². The minimum Gasteiger partial charge on any atom is -0.405 e. The lowest BCUT2D eigenvalue weighted by molar-refractivity contribution is -0.303. The fourth-order valence-electron chi connectivity index (χ4n) is 7.65. The molecule has 0 spiro atoms. The number of hydrogen-bond acceptors (Lipinski definition) is 8. The number of carbonyl (C=O) groups is 1. The summed E-state index contributed by atoms with van der Waals surface area (Å²) in [5.41, 5.74) is 2.95. The quantitative estimate of drug-likeness (QED) is 0.0907. The van der Waals surface area contributed by atoms with Gasteiger partial charge in [0.05, 0.1) is 39.6 Å². The highest BCUT2D eigenvalue weighted by atomic mass is 28.4. The van der Waals surface area contributed by atoms with Crippen LogP contribution in [0.15, 0.2) is 152 Å². The van der Waals surface area contributed by atoms with Crippen LogP contribution in [0.1, 0.15) is 44.4 Å². The third-order valence-corrected chi connectivity index (χ3v) is 15.4. The van der Waals surface area contributed by atoms with E-state index in [0.29, 0.717) is 6.61 Å². The van der Waals surface area contributed by atoms with Crippen LogP contribution in [0.5, 0.6) is 0 Å². The molecule has 0 unspecified atom stereocenters. The zero-order valence-corrected chi connectivity index (χ0v) is 34.9. The predicted octanol–water partition coefficient (Wildman–Crippen LogP) is 6.56. The van der Waals surface area contributed by atoms with Gasteiger partial charge in [0.15, 0.2) is 6.29 Å². The molecule has 0 radical (unpaired) electrons. The van der Waals surface area contributed by atoms with E-state index in [1.807, 2.05) is 127 Å². The number of nitrogens with one attached hydrogen (secondary N) is 1. The van der Waals surface area contributed by atoms with Crippen molar-refractivity contribution < 1.29 is 38.0 Å². The van der Waals surface area contributed by atoms with Gasteiger partial charge in [0.1, 0.15) is 30.5 Å². The van der Waals surface area contributed by atoms with Crippen LogP contribution < -0.4 is 15.7 Å². The third-order valence-electron chi connectivity index (χ3n) is 10.4. The average Bonchev–Trinajstić information content (AvgIpc) is 3.24. The molecule has 0 saturated carbocycles. The second kappa shape index (κ2) is 21.0. The normalized spacial score (nSPS) is 20.3. The second-order valence-corrected chi connectivity index (χ2v) is 20.0. The molecule has 10 heteroatoms. The summed E-state index contributed by atoms with van der Waals surface area (Å²) in [6, 6.07) is 49.5. The van der Waals surface area contributed by atoms with Crippen LogP contribution in [0.3, 0.4) is 0 Å². The minimum atomic E-state index is -2.98. The summed E-state index contributed by atoms with van der Waals surface area (Å²) in [6.45, 7) is 8.80. The molecule has 2 N–H and O–H groups in total.